The van der Waals surface area contributed by atoms with Crippen LogP contribution in [0.2, 0.25) is 5.02 Å². The van der Waals surface area contributed by atoms with Crippen LogP contribution in [0.1, 0.15) is 15.9 Å². The molecule has 7 heteroatoms. The van der Waals surface area contributed by atoms with E-state index in [0.29, 0.717) is 5.02 Å². The van der Waals surface area contributed by atoms with Crippen molar-refractivity contribution in [3.05, 3.63) is 58.6 Å². The van der Waals surface area contributed by atoms with Crippen molar-refractivity contribution in [2.45, 2.75) is 6.18 Å². The SMILES string of the molecule is Nc1cc(Cl)ccc1C(=O)Nc1ccccc1C(F)(F)F. The summed E-state index contributed by atoms with van der Waals surface area (Å²) >= 11 is 5.71. The molecule has 3 N–H and O–H groups in total. The van der Waals surface area contributed by atoms with Gasteiger partial charge in [0.05, 0.1) is 16.8 Å². The maximum atomic E-state index is 12.8. The highest BCUT2D eigenvalue weighted by molar-refractivity contribution is 6.31. The molecule has 0 fully saturated rings. The third kappa shape index (κ3) is 3.46. The highest BCUT2D eigenvalue weighted by atomic mass is 35.5. The zero-order chi connectivity index (χ0) is 15.6. The molecule has 0 aliphatic carbocycles. The van der Waals surface area contributed by atoms with Gasteiger partial charge in [0.2, 0.25) is 0 Å². The molecule has 1 amide bonds. The van der Waals surface area contributed by atoms with Gasteiger partial charge in [-0.2, -0.15) is 13.2 Å². The summed E-state index contributed by atoms with van der Waals surface area (Å²) in [7, 11) is 0. The van der Waals surface area contributed by atoms with Crippen LogP contribution < -0.4 is 11.1 Å². The monoisotopic (exact) mass is 314 g/mol. The van der Waals surface area contributed by atoms with E-state index < -0.39 is 17.6 Å². The first-order valence-corrected chi connectivity index (χ1v) is 6.19. The van der Waals surface area contributed by atoms with Gasteiger partial charge in [0.25, 0.3) is 5.91 Å². The van der Waals surface area contributed by atoms with E-state index in [0.717, 1.165) is 6.07 Å². The molecule has 0 saturated carbocycles. The van der Waals surface area contributed by atoms with Crippen LogP contribution in [-0.4, -0.2) is 5.91 Å². The molecular formula is C14H10ClF3N2O. The molecule has 0 bridgehead atoms. The second-order valence-corrected chi connectivity index (χ2v) is 4.67. The Hall–Kier alpha value is -2.21. The number of halogens is 4. The molecule has 3 nitrogen and oxygen atoms in total. The molecule has 2 aromatic carbocycles. The first-order chi connectivity index (χ1) is 9.79. The molecule has 110 valence electrons. The predicted octanol–water partition coefficient (Wildman–Crippen LogP) is 4.19. The third-order valence-electron chi connectivity index (χ3n) is 2.74. The van der Waals surface area contributed by atoms with Crippen molar-refractivity contribution in [2.75, 3.05) is 11.1 Å². The fraction of sp³-hybridized carbons (Fsp3) is 0.0714. The zero-order valence-corrected chi connectivity index (χ0v) is 11.3. The Morgan fingerprint density at radius 2 is 1.81 bits per heavy atom. The van der Waals surface area contributed by atoms with Gasteiger partial charge in [0.15, 0.2) is 0 Å². The number of nitrogens with one attached hydrogen (secondary N) is 1. The lowest BCUT2D eigenvalue weighted by molar-refractivity contribution is -0.136. The number of hydrogen-bond acceptors (Lipinski definition) is 2. The molecule has 0 radical (unpaired) electrons. The number of alkyl halides is 3. The Morgan fingerprint density at radius 1 is 1.14 bits per heavy atom. The number of carbonyl (C=O) groups is 1. The van der Waals surface area contributed by atoms with Crippen molar-refractivity contribution in [1.29, 1.82) is 0 Å². The normalized spacial score (nSPS) is 11.2. The van der Waals surface area contributed by atoms with Gasteiger partial charge in [-0.05, 0) is 30.3 Å². The molecule has 0 heterocycles. The summed E-state index contributed by atoms with van der Waals surface area (Å²) in [5, 5.41) is 2.54. The molecular weight excluding hydrogens is 305 g/mol. The lowest BCUT2D eigenvalue weighted by atomic mass is 10.1. The number of carbonyl (C=O) groups excluding carboxylic acids is 1. The minimum absolute atomic E-state index is 0.0522. The second-order valence-electron chi connectivity index (χ2n) is 4.23. The highest BCUT2D eigenvalue weighted by Gasteiger charge is 2.33. The van der Waals surface area contributed by atoms with E-state index in [4.69, 9.17) is 17.3 Å². The number of amides is 1. The quantitative estimate of drug-likeness (QED) is 0.816. The summed E-state index contributed by atoms with van der Waals surface area (Å²) in [6, 6.07) is 8.84. The number of para-hydroxylation sites is 1. The van der Waals surface area contributed by atoms with Crippen molar-refractivity contribution in [3.8, 4) is 0 Å². The fourth-order valence-electron chi connectivity index (χ4n) is 1.77. The maximum Gasteiger partial charge on any atom is 0.418 e. The third-order valence-corrected chi connectivity index (χ3v) is 2.97. The maximum absolute atomic E-state index is 12.8. The van der Waals surface area contributed by atoms with E-state index in [1.54, 1.807) is 0 Å². The Kier molecular flexibility index (Phi) is 4.09. The lowest BCUT2D eigenvalue weighted by Crippen LogP contribution is -2.17. The van der Waals surface area contributed by atoms with E-state index >= 15 is 0 Å². The van der Waals surface area contributed by atoms with Gasteiger partial charge >= 0.3 is 6.18 Å². The van der Waals surface area contributed by atoms with E-state index in [9.17, 15) is 18.0 Å². The van der Waals surface area contributed by atoms with Gasteiger partial charge in [0, 0.05) is 10.7 Å². The van der Waals surface area contributed by atoms with Crippen LogP contribution in [0.3, 0.4) is 0 Å². The van der Waals surface area contributed by atoms with Gasteiger partial charge in [-0.15, -0.1) is 0 Å². The number of anilines is 2. The minimum atomic E-state index is -4.56. The van der Waals surface area contributed by atoms with Crippen molar-refractivity contribution in [2.24, 2.45) is 0 Å². The minimum Gasteiger partial charge on any atom is -0.398 e. The average Bonchev–Trinajstić information content (AvgIpc) is 2.37. The van der Waals surface area contributed by atoms with Crippen molar-refractivity contribution >= 4 is 28.9 Å². The summed E-state index contributed by atoms with van der Waals surface area (Å²) in [5.41, 5.74) is 4.52. The van der Waals surface area contributed by atoms with Gasteiger partial charge in [-0.25, -0.2) is 0 Å². The van der Waals surface area contributed by atoms with E-state index in [1.807, 2.05) is 0 Å². The molecule has 0 saturated heterocycles. The summed E-state index contributed by atoms with van der Waals surface area (Å²) in [4.78, 5) is 12.0. The van der Waals surface area contributed by atoms with Gasteiger partial charge in [0.1, 0.15) is 0 Å². The second kappa shape index (κ2) is 5.65. The number of rotatable bonds is 2. The van der Waals surface area contributed by atoms with Crippen LogP contribution in [0.25, 0.3) is 0 Å². The topological polar surface area (TPSA) is 55.1 Å². The summed E-state index contributed by atoms with van der Waals surface area (Å²) in [5.74, 6) is -0.735. The van der Waals surface area contributed by atoms with Gasteiger partial charge in [-0.1, -0.05) is 23.7 Å². The molecule has 0 unspecified atom stereocenters. The van der Waals surface area contributed by atoms with E-state index in [-0.39, 0.29) is 16.9 Å². The molecule has 0 aliphatic heterocycles. The van der Waals surface area contributed by atoms with Gasteiger partial charge < -0.3 is 11.1 Å². The van der Waals surface area contributed by atoms with E-state index in [2.05, 4.69) is 5.32 Å². The van der Waals surface area contributed by atoms with Crippen LogP contribution in [0.15, 0.2) is 42.5 Å². The Morgan fingerprint density at radius 3 is 2.43 bits per heavy atom. The zero-order valence-electron chi connectivity index (χ0n) is 10.5. The standard InChI is InChI=1S/C14H10ClF3N2O/c15-8-5-6-9(11(19)7-8)13(21)20-12-4-2-1-3-10(12)14(16,17)18/h1-7H,19H2,(H,20,21). The molecule has 0 aliphatic rings. The fourth-order valence-corrected chi connectivity index (χ4v) is 1.95. The molecule has 0 atom stereocenters. The number of benzene rings is 2. The van der Waals surface area contributed by atoms with Crippen LogP contribution in [0, 0.1) is 0 Å². The Labute approximate surface area is 123 Å². The van der Waals surface area contributed by atoms with Crippen LogP contribution >= 0.6 is 11.6 Å². The number of hydrogen-bond donors (Lipinski definition) is 2. The smallest absolute Gasteiger partial charge is 0.398 e. The predicted molar refractivity (Wildman–Crippen MR) is 75.3 cm³/mol. The largest absolute Gasteiger partial charge is 0.418 e. The highest BCUT2D eigenvalue weighted by Crippen LogP contribution is 2.34. The number of nitrogens with two attached hydrogens (primary N) is 1. The molecule has 2 rings (SSSR count). The van der Waals surface area contributed by atoms with Crippen LogP contribution in [0.4, 0.5) is 24.5 Å². The molecule has 21 heavy (non-hydrogen) atoms. The van der Waals surface area contributed by atoms with Crippen LogP contribution in [-0.2, 0) is 6.18 Å². The average molecular weight is 315 g/mol. The lowest BCUT2D eigenvalue weighted by Gasteiger charge is -2.14. The summed E-state index contributed by atoms with van der Waals surface area (Å²) in [6.45, 7) is 0. The first kappa shape index (κ1) is 15.2. The Balaban J connectivity index is 2.32. The molecule has 0 spiro atoms. The molecule has 0 aromatic heterocycles. The van der Waals surface area contributed by atoms with Crippen LogP contribution in [0.5, 0.6) is 0 Å². The summed E-state index contributed by atoms with van der Waals surface area (Å²) < 4.78 is 38.5. The van der Waals surface area contributed by atoms with Gasteiger partial charge in [-0.3, -0.25) is 4.79 Å². The van der Waals surface area contributed by atoms with E-state index in [1.165, 1.54) is 36.4 Å². The molecule has 2 aromatic rings. The summed E-state index contributed by atoms with van der Waals surface area (Å²) in [6.07, 6.45) is -4.56. The number of nitrogen functional groups attached to an aromatic ring is 1. The first-order valence-electron chi connectivity index (χ1n) is 5.81. The van der Waals surface area contributed by atoms with Crippen molar-refractivity contribution in [3.63, 3.8) is 0 Å². The van der Waals surface area contributed by atoms with Crippen molar-refractivity contribution < 1.29 is 18.0 Å². The Bertz CT molecular complexity index is 686. The van der Waals surface area contributed by atoms with Crippen molar-refractivity contribution in [1.82, 2.24) is 0 Å².